The lowest BCUT2D eigenvalue weighted by atomic mass is 10.1. The van der Waals surface area contributed by atoms with Gasteiger partial charge in [-0.2, -0.15) is 0 Å². The van der Waals surface area contributed by atoms with E-state index in [1.54, 1.807) is 36.4 Å². The Hall–Kier alpha value is -1.28. The third-order valence-electron chi connectivity index (χ3n) is 2.69. The van der Waals surface area contributed by atoms with Gasteiger partial charge in [0.05, 0.1) is 0 Å². The highest BCUT2D eigenvalue weighted by Gasteiger charge is 2.15. The SMILES string of the molecule is Cc1ccc(S(=O)(=O)NCc2ccc(C(N)=S)cc2)s1. The van der Waals surface area contributed by atoms with E-state index in [1.807, 2.05) is 6.92 Å². The fraction of sp³-hybridized carbons (Fsp3) is 0.154. The zero-order chi connectivity index (χ0) is 14.8. The highest BCUT2D eigenvalue weighted by atomic mass is 32.2. The number of hydrogen-bond donors (Lipinski definition) is 2. The Morgan fingerprint density at radius 3 is 2.40 bits per heavy atom. The largest absolute Gasteiger partial charge is 0.389 e. The first-order valence-electron chi connectivity index (χ1n) is 5.83. The second-order valence-electron chi connectivity index (χ2n) is 4.25. The molecule has 2 aromatic rings. The molecule has 106 valence electrons. The number of thiocarbonyl (C=S) groups is 1. The summed E-state index contributed by atoms with van der Waals surface area (Å²) in [5.74, 6) is 0. The minimum absolute atomic E-state index is 0.233. The standard InChI is InChI=1S/C13H14N2O2S3/c1-9-2-7-12(19-9)20(16,17)15-8-10-3-5-11(6-4-10)13(14)18/h2-7,15H,8H2,1H3,(H2,14,18). The number of sulfonamides is 1. The van der Waals surface area contributed by atoms with Gasteiger partial charge in [0.25, 0.3) is 0 Å². The molecular weight excluding hydrogens is 312 g/mol. The van der Waals surface area contributed by atoms with E-state index in [0.717, 1.165) is 16.0 Å². The molecule has 0 fully saturated rings. The number of thiophene rings is 1. The molecule has 0 atom stereocenters. The Bertz CT molecular complexity index is 718. The zero-order valence-corrected chi connectivity index (χ0v) is 13.2. The molecule has 0 aliphatic heterocycles. The second-order valence-corrected chi connectivity index (χ2v) is 7.97. The first-order chi connectivity index (χ1) is 9.38. The van der Waals surface area contributed by atoms with E-state index in [9.17, 15) is 8.42 Å². The van der Waals surface area contributed by atoms with Gasteiger partial charge in [0.2, 0.25) is 10.0 Å². The molecule has 0 saturated carbocycles. The number of benzene rings is 1. The topological polar surface area (TPSA) is 72.2 Å². The third-order valence-corrected chi connectivity index (χ3v) is 5.81. The summed E-state index contributed by atoms with van der Waals surface area (Å²) in [5, 5.41) is 0. The molecule has 0 radical (unpaired) electrons. The van der Waals surface area contributed by atoms with Crippen LogP contribution in [0.4, 0.5) is 0 Å². The summed E-state index contributed by atoms with van der Waals surface area (Å²) in [6.45, 7) is 2.11. The Morgan fingerprint density at radius 2 is 1.90 bits per heavy atom. The van der Waals surface area contributed by atoms with E-state index in [2.05, 4.69) is 4.72 Å². The molecule has 0 saturated heterocycles. The Kier molecular flexibility index (Phi) is 4.54. The van der Waals surface area contributed by atoms with Crippen LogP contribution in [-0.4, -0.2) is 13.4 Å². The molecule has 3 N–H and O–H groups in total. The predicted molar refractivity (Wildman–Crippen MR) is 85.4 cm³/mol. The maximum Gasteiger partial charge on any atom is 0.250 e. The number of aryl methyl sites for hydroxylation is 1. The van der Waals surface area contributed by atoms with Gasteiger partial charge in [0.1, 0.15) is 9.20 Å². The quantitative estimate of drug-likeness (QED) is 0.826. The van der Waals surface area contributed by atoms with Crippen LogP contribution in [0.25, 0.3) is 0 Å². The summed E-state index contributed by atoms with van der Waals surface area (Å²) >= 11 is 6.12. The van der Waals surface area contributed by atoms with Crippen molar-refractivity contribution in [3.63, 3.8) is 0 Å². The van der Waals surface area contributed by atoms with Crippen LogP contribution in [0.1, 0.15) is 16.0 Å². The van der Waals surface area contributed by atoms with E-state index in [-0.39, 0.29) is 6.54 Å². The Morgan fingerprint density at radius 1 is 1.25 bits per heavy atom. The van der Waals surface area contributed by atoms with Crippen LogP contribution in [0, 0.1) is 6.92 Å². The van der Waals surface area contributed by atoms with E-state index in [1.165, 1.54) is 11.3 Å². The molecule has 0 bridgehead atoms. The van der Waals surface area contributed by atoms with Crippen LogP contribution in [0.15, 0.2) is 40.6 Å². The van der Waals surface area contributed by atoms with Gasteiger partial charge in [-0.05, 0) is 24.6 Å². The van der Waals surface area contributed by atoms with Gasteiger partial charge in [-0.15, -0.1) is 11.3 Å². The van der Waals surface area contributed by atoms with Crippen molar-refractivity contribution in [1.82, 2.24) is 4.72 Å². The van der Waals surface area contributed by atoms with Crippen LogP contribution < -0.4 is 10.5 Å². The summed E-state index contributed by atoms with van der Waals surface area (Å²) in [6.07, 6.45) is 0. The number of hydrogen-bond acceptors (Lipinski definition) is 4. The lowest BCUT2D eigenvalue weighted by molar-refractivity contribution is 0.583. The summed E-state index contributed by atoms with van der Waals surface area (Å²) in [5.41, 5.74) is 7.12. The highest BCUT2D eigenvalue weighted by Crippen LogP contribution is 2.20. The molecule has 0 spiro atoms. The van der Waals surface area contributed by atoms with Gasteiger partial charge < -0.3 is 5.73 Å². The first kappa shape index (κ1) is 15.1. The van der Waals surface area contributed by atoms with Crippen molar-refractivity contribution in [2.75, 3.05) is 0 Å². The summed E-state index contributed by atoms with van der Waals surface area (Å²) in [4.78, 5) is 1.29. The van der Waals surface area contributed by atoms with E-state index in [0.29, 0.717) is 9.20 Å². The minimum Gasteiger partial charge on any atom is -0.389 e. The highest BCUT2D eigenvalue weighted by molar-refractivity contribution is 7.91. The molecular formula is C13H14N2O2S3. The molecule has 7 heteroatoms. The van der Waals surface area contributed by atoms with E-state index >= 15 is 0 Å². The molecule has 0 amide bonds. The molecule has 4 nitrogen and oxygen atoms in total. The molecule has 0 unspecified atom stereocenters. The predicted octanol–water partition coefficient (Wildman–Crippen LogP) is 2.17. The molecule has 0 aliphatic rings. The van der Waals surface area contributed by atoms with Gasteiger partial charge in [-0.25, -0.2) is 13.1 Å². The fourth-order valence-electron chi connectivity index (χ4n) is 1.59. The van der Waals surface area contributed by atoms with Crippen LogP contribution in [0.3, 0.4) is 0 Å². The van der Waals surface area contributed by atoms with Crippen LogP contribution >= 0.6 is 23.6 Å². The zero-order valence-electron chi connectivity index (χ0n) is 10.8. The average Bonchev–Trinajstić information content (AvgIpc) is 2.84. The number of nitrogens with two attached hydrogens (primary N) is 1. The van der Waals surface area contributed by atoms with Gasteiger partial charge in [-0.3, -0.25) is 0 Å². The van der Waals surface area contributed by atoms with Gasteiger partial charge in [-0.1, -0.05) is 36.5 Å². The van der Waals surface area contributed by atoms with Gasteiger partial charge in [0, 0.05) is 17.0 Å². The van der Waals surface area contributed by atoms with Crippen LogP contribution in [0.2, 0.25) is 0 Å². The number of nitrogens with one attached hydrogen (secondary N) is 1. The Labute approximate surface area is 127 Å². The normalized spacial score (nSPS) is 11.4. The second kappa shape index (κ2) is 6.01. The summed E-state index contributed by atoms with van der Waals surface area (Å²) in [7, 11) is -3.45. The summed E-state index contributed by atoms with van der Waals surface area (Å²) < 4.78 is 27.0. The minimum atomic E-state index is -3.45. The van der Waals surface area contributed by atoms with Crippen molar-refractivity contribution in [3.8, 4) is 0 Å². The van der Waals surface area contributed by atoms with Crippen molar-refractivity contribution in [3.05, 3.63) is 52.4 Å². The molecule has 1 aromatic heterocycles. The Balaban J connectivity index is 2.06. The van der Waals surface area contributed by atoms with Crippen molar-refractivity contribution in [2.45, 2.75) is 17.7 Å². The number of rotatable bonds is 5. The maximum atomic E-state index is 12.1. The molecule has 1 aromatic carbocycles. The van der Waals surface area contributed by atoms with Crippen LogP contribution in [-0.2, 0) is 16.6 Å². The molecule has 2 rings (SSSR count). The van der Waals surface area contributed by atoms with E-state index in [4.69, 9.17) is 18.0 Å². The van der Waals surface area contributed by atoms with Crippen molar-refractivity contribution in [1.29, 1.82) is 0 Å². The van der Waals surface area contributed by atoms with Crippen molar-refractivity contribution in [2.24, 2.45) is 5.73 Å². The van der Waals surface area contributed by atoms with Gasteiger partial charge >= 0.3 is 0 Å². The third kappa shape index (κ3) is 3.63. The average molecular weight is 326 g/mol. The first-order valence-corrected chi connectivity index (χ1v) is 8.54. The van der Waals surface area contributed by atoms with Crippen molar-refractivity contribution >= 4 is 38.6 Å². The molecule has 1 heterocycles. The smallest absolute Gasteiger partial charge is 0.250 e. The molecule has 0 aliphatic carbocycles. The summed E-state index contributed by atoms with van der Waals surface area (Å²) in [6, 6.07) is 10.6. The maximum absolute atomic E-state index is 12.1. The van der Waals surface area contributed by atoms with Gasteiger partial charge in [0.15, 0.2) is 0 Å². The van der Waals surface area contributed by atoms with E-state index < -0.39 is 10.0 Å². The molecule has 20 heavy (non-hydrogen) atoms. The van der Waals surface area contributed by atoms with Crippen molar-refractivity contribution < 1.29 is 8.42 Å². The lowest BCUT2D eigenvalue weighted by Gasteiger charge is -2.06. The monoisotopic (exact) mass is 326 g/mol. The lowest BCUT2D eigenvalue weighted by Crippen LogP contribution is -2.22. The fourth-order valence-corrected chi connectivity index (χ4v) is 4.07. The van der Waals surface area contributed by atoms with Crippen LogP contribution in [0.5, 0.6) is 0 Å².